The van der Waals surface area contributed by atoms with Gasteiger partial charge in [0.1, 0.15) is 0 Å². The van der Waals surface area contributed by atoms with Crippen LogP contribution in [0.1, 0.15) is 40.8 Å². The maximum absolute atomic E-state index is 6.37. The van der Waals surface area contributed by atoms with Crippen LogP contribution in [0.4, 0.5) is 0 Å². The van der Waals surface area contributed by atoms with Crippen LogP contribution in [0.15, 0.2) is 35.7 Å². The molecular weight excluding hydrogens is 312 g/mol. The van der Waals surface area contributed by atoms with E-state index >= 15 is 0 Å². The van der Waals surface area contributed by atoms with E-state index in [2.05, 4.69) is 40.6 Å². The van der Waals surface area contributed by atoms with Gasteiger partial charge in [-0.05, 0) is 72.6 Å². The minimum Gasteiger partial charge on any atom is -0.327 e. The summed E-state index contributed by atoms with van der Waals surface area (Å²) in [4.78, 5) is 4.08. The van der Waals surface area contributed by atoms with E-state index in [0.29, 0.717) is 12.0 Å². The second kappa shape index (κ2) is 7.38. The summed E-state index contributed by atoms with van der Waals surface area (Å²) in [6.45, 7) is 3.28. The molecule has 2 aliphatic rings. The number of piperidine rings is 1. The maximum Gasteiger partial charge on any atom is 0.0234 e. The Hall–Kier alpha value is -1.16. The summed E-state index contributed by atoms with van der Waals surface area (Å²) < 4.78 is 0. The zero-order valence-corrected chi connectivity index (χ0v) is 15.2. The van der Waals surface area contributed by atoms with Crippen LogP contribution in [0, 0.1) is 5.92 Å². The van der Waals surface area contributed by atoms with Crippen molar-refractivity contribution in [3.05, 3.63) is 57.3 Å². The molecule has 0 spiro atoms. The molecule has 1 aromatic heterocycles. The van der Waals surface area contributed by atoms with E-state index in [0.717, 1.165) is 13.1 Å². The molecule has 0 bridgehead atoms. The number of hydrogen-bond acceptors (Lipinski definition) is 3. The van der Waals surface area contributed by atoms with Crippen molar-refractivity contribution < 1.29 is 0 Å². The number of rotatable bonds is 4. The van der Waals surface area contributed by atoms with Gasteiger partial charge in [0.25, 0.3) is 0 Å². The number of benzene rings is 1. The molecule has 1 aliphatic carbocycles. The lowest BCUT2D eigenvalue weighted by atomic mass is 9.89. The van der Waals surface area contributed by atoms with Gasteiger partial charge in [0.05, 0.1) is 0 Å². The van der Waals surface area contributed by atoms with Gasteiger partial charge >= 0.3 is 0 Å². The topological polar surface area (TPSA) is 29.3 Å². The van der Waals surface area contributed by atoms with E-state index in [1.54, 1.807) is 11.1 Å². The van der Waals surface area contributed by atoms with Crippen molar-refractivity contribution in [3.63, 3.8) is 0 Å². The van der Waals surface area contributed by atoms with Crippen LogP contribution in [0.5, 0.6) is 0 Å². The molecule has 2 aromatic rings. The first-order valence-corrected chi connectivity index (χ1v) is 10.3. The Kier molecular flexibility index (Phi) is 5.02. The number of fused-ring (bicyclic) bond motifs is 1. The first kappa shape index (κ1) is 16.3. The van der Waals surface area contributed by atoms with Crippen molar-refractivity contribution >= 4 is 11.3 Å². The predicted octanol–water partition coefficient (Wildman–Crippen LogP) is 4.02. The molecule has 0 amide bonds. The van der Waals surface area contributed by atoms with Crippen molar-refractivity contribution in [1.82, 2.24) is 4.90 Å². The summed E-state index contributed by atoms with van der Waals surface area (Å²) in [6, 6.07) is 11.9. The summed E-state index contributed by atoms with van der Waals surface area (Å²) in [5.41, 5.74) is 11.0. The largest absolute Gasteiger partial charge is 0.327 e. The Balaban J connectivity index is 1.41. The zero-order chi connectivity index (χ0) is 16.4. The summed E-state index contributed by atoms with van der Waals surface area (Å²) in [5.74, 6) is 0.699. The minimum absolute atomic E-state index is 0.321. The van der Waals surface area contributed by atoms with Crippen LogP contribution in [-0.4, -0.2) is 24.0 Å². The van der Waals surface area contributed by atoms with Crippen molar-refractivity contribution in [2.75, 3.05) is 13.1 Å². The van der Waals surface area contributed by atoms with Crippen LogP contribution in [0.3, 0.4) is 0 Å². The third kappa shape index (κ3) is 3.90. The van der Waals surface area contributed by atoms with Crippen molar-refractivity contribution in [2.45, 2.75) is 51.1 Å². The Morgan fingerprint density at radius 2 is 1.96 bits per heavy atom. The molecule has 2 heterocycles. The smallest absolute Gasteiger partial charge is 0.0234 e. The van der Waals surface area contributed by atoms with E-state index < -0.39 is 0 Å². The molecule has 1 aromatic carbocycles. The minimum atomic E-state index is 0.321. The molecule has 24 heavy (non-hydrogen) atoms. The Morgan fingerprint density at radius 3 is 2.79 bits per heavy atom. The summed E-state index contributed by atoms with van der Waals surface area (Å²) in [6.07, 6.45) is 7.60. The normalized spacial score (nSPS) is 24.7. The Labute approximate surface area is 149 Å². The first-order chi connectivity index (χ1) is 11.8. The summed E-state index contributed by atoms with van der Waals surface area (Å²) in [7, 11) is 0. The molecular formula is C21H28N2S. The monoisotopic (exact) mass is 340 g/mol. The highest BCUT2D eigenvalue weighted by molar-refractivity contribution is 7.09. The molecule has 3 heteroatoms. The van der Waals surface area contributed by atoms with Crippen LogP contribution in [0.2, 0.25) is 0 Å². The molecule has 1 fully saturated rings. The van der Waals surface area contributed by atoms with Gasteiger partial charge in [-0.1, -0.05) is 24.3 Å². The maximum atomic E-state index is 6.37. The molecule has 2 atom stereocenters. The van der Waals surface area contributed by atoms with Gasteiger partial charge in [0.15, 0.2) is 0 Å². The highest BCUT2D eigenvalue weighted by atomic mass is 32.1. The zero-order valence-electron chi connectivity index (χ0n) is 14.4. The van der Waals surface area contributed by atoms with Crippen LogP contribution >= 0.6 is 11.3 Å². The lowest BCUT2D eigenvalue weighted by Crippen LogP contribution is -2.47. The number of nitrogens with zero attached hydrogens (tertiary/aromatic N) is 1. The van der Waals surface area contributed by atoms with Crippen LogP contribution in [-0.2, 0) is 25.8 Å². The molecule has 2 unspecified atom stereocenters. The third-order valence-corrected chi connectivity index (χ3v) is 6.43. The highest BCUT2D eigenvalue weighted by Crippen LogP contribution is 2.26. The Bertz CT molecular complexity index is 664. The van der Waals surface area contributed by atoms with Crippen molar-refractivity contribution in [3.8, 4) is 0 Å². The molecule has 2 nitrogen and oxygen atoms in total. The average molecular weight is 341 g/mol. The van der Waals surface area contributed by atoms with E-state index in [1.165, 1.54) is 55.5 Å². The SMILES string of the molecule is NC1CC(Cc2cccs2)CN(Cc2ccc3c(c2)CCCC3)C1. The second-order valence-corrected chi connectivity index (χ2v) is 8.68. The molecule has 1 aliphatic heterocycles. The lowest BCUT2D eigenvalue weighted by Gasteiger charge is -2.36. The highest BCUT2D eigenvalue weighted by Gasteiger charge is 2.25. The second-order valence-electron chi connectivity index (χ2n) is 7.65. The van der Waals surface area contributed by atoms with Crippen LogP contribution in [0.25, 0.3) is 0 Å². The fraction of sp³-hybridized carbons (Fsp3) is 0.524. The van der Waals surface area contributed by atoms with E-state index in [9.17, 15) is 0 Å². The summed E-state index contributed by atoms with van der Waals surface area (Å²) >= 11 is 1.88. The molecule has 128 valence electrons. The third-order valence-electron chi connectivity index (χ3n) is 5.53. The number of nitrogens with two attached hydrogens (primary N) is 1. The van der Waals surface area contributed by atoms with Gasteiger partial charge in [0.2, 0.25) is 0 Å². The number of aryl methyl sites for hydroxylation is 2. The standard InChI is InChI=1S/C21H28N2S/c22-20-11-17(12-21-6-3-9-24-21)14-23(15-20)13-16-7-8-18-4-1-2-5-19(18)10-16/h3,6-10,17,20H,1-2,4-5,11-15,22H2. The van der Waals surface area contributed by atoms with Gasteiger partial charge in [-0.25, -0.2) is 0 Å². The van der Waals surface area contributed by atoms with E-state index in [1.807, 2.05) is 11.3 Å². The molecule has 4 rings (SSSR count). The predicted molar refractivity (Wildman–Crippen MR) is 102 cm³/mol. The van der Waals surface area contributed by atoms with E-state index in [4.69, 9.17) is 5.73 Å². The average Bonchev–Trinajstić information content (AvgIpc) is 3.07. The molecule has 2 N–H and O–H groups in total. The fourth-order valence-electron chi connectivity index (χ4n) is 4.48. The van der Waals surface area contributed by atoms with Crippen LogP contribution < -0.4 is 5.73 Å². The van der Waals surface area contributed by atoms with Gasteiger partial charge < -0.3 is 5.73 Å². The number of thiophene rings is 1. The fourth-order valence-corrected chi connectivity index (χ4v) is 5.30. The van der Waals surface area contributed by atoms with Gasteiger partial charge in [-0.2, -0.15) is 0 Å². The van der Waals surface area contributed by atoms with E-state index in [-0.39, 0.29) is 0 Å². The number of hydrogen-bond donors (Lipinski definition) is 1. The van der Waals surface area contributed by atoms with Gasteiger partial charge in [-0.15, -0.1) is 11.3 Å². The molecule has 0 saturated carbocycles. The van der Waals surface area contributed by atoms with Gasteiger partial charge in [0, 0.05) is 30.6 Å². The van der Waals surface area contributed by atoms with Crippen molar-refractivity contribution in [2.24, 2.45) is 11.7 Å². The van der Waals surface area contributed by atoms with Crippen molar-refractivity contribution in [1.29, 1.82) is 0 Å². The lowest BCUT2D eigenvalue weighted by molar-refractivity contribution is 0.149. The Morgan fingerprint density at radius 1 is 1.08 bits per heavy atom. The van der Waals surface area contributed by atoms with Gasteiger partial charge in [-0.3, -0.25) is 4.90 Å². The summed E-state index contributed by atoms with van der Waals surface area (Å²) in [5, 5.41) is 2.18. The first-order valence-electron chi connectivity index (χ1n) is 9.37. The molecule has 1 saturated heterocycles. The quantitative estimate of drug-likeness (QED) is 0.911. The number of likely N-dealkylation sites (tertiary alicyclic amines) is 1. The molecule has 0 radical (unpaired) electrons.